The van der Waals surface area contributed by atoms with E-state index in [9.17, 15) is 4.39 Å². The Labute approximate surface area is 136 Å². The van der Waals surface area contributed by atoms with Crippen molar-refractivity contribution in [3.8, 4) is 0 Å². The third-order valence-electron chi connectivity index (χ3n) is 3.02. The summed E-state index contributed by atoms with van der Waals surface area (Å²) in [4.78, 5) is 1.98. The first-order valence-electron chi connectivity index (χ1n) is 6.42. The van der Waals surface area contributed by atoms with Crippen LogP contribution < -0.4 is 23.8 Å². The Morgan fingerprint density at radius 2 is 1.29 bits per heavy atom. The first-order valence-corrected chi connectivity index (χ1v) is 6.42. The molecule has 0 aliphatic heterocycles. The number of anilines is 3. The maximum atomic E-state index is 13.5. The van der Waals surface area contributed by atoms with Gasteiger partial charge in [0.25, 0.3) is 0 Å². The summed E-state index contributed by atoms with van der Waals surface area (Å²) in [5.41, 5.74) is 2.63. The molecule has 1 nitrogen and oxygen atoms in total. The molecule has 3 aromatic carbocycles. The van der Waals surface area contributed by atoms with Crippen molar-refractivity contribution in [1.29, 1.82) is 0 Å². The summed E-state index contributed by atoms with van der Waals surface area (Å²) >= 11 is 0. The number of hydrogen-bond acceptors (Lipinski definition) is 1. The van der Waals surface area contributed by atoms with E-state index in [1.807, 2.05) is 65.6 Å². The molecule has 98 valence electrons. The molecule has 0 aliphatic rings. The molecule has 0 fully saturated rings. The summed E-state index contributed by atoms with van der Waals surface area (Å²) in [5.74, 6) is -0.268. The van der Waals surface area contributed by atoms with Crippen molar-refractivity contribution < 1.29 is 23.3 Å². The van der Waals surface area contributed by atoms with Gasteiger partial charge in [-0.2, -0.15) is 12.1 Å². The molecule has 0 saturated carbocycles. The van der Waals surface area contributed by atoms with Crippen LogP contribution in [0.5, 0.6) is 0 Å². The van der Waals surface area contributed by atoms with E-state index >= 15 is 0 Å². The average molecular weight is 269 g/mol. The third kappa shape index (κ3) is 3.55. The second-order valence-corrected chi connectivity index (χ2v) is 4.40. The molecule has 0 unspecified atom stereocenters. The molecule has 0 atom stereocenters. The molecule has 0 bridgehead atoms. The Bertz CT molecular complexity index is 646. The van der Waals surface area contributed by atoms with Crippen LogP contribution in [-0.2, 0) is 0 Å². The molecule has 3 rings (SSSR count). The summed E-state index contributed by atoms with van der Waals surface area (Å²) in [7, 11) is 0. The van der Waals surface area contributed by atoms with Crippen LogP contribution in [0.15, 0.2) is 78.9 Å². The van der Waals surface area contributed by atoms with Crippen LogP contribution in [0.25, 0.3) is 0 Å². The maximum absolute atomic E-state index is 13.5. The van der Waals surface area contributed by atoms with Gasteiger partial charge in [-0.15, -0.1) is 12.1 Å². The van der Waals surface area contributed by atoms with Gasteiger partial charge in [0.05, 0.1) is 0 Å². The number of halogens is 1. The quantitative estimate of drug-likeness (QED) is 0.520. The summed E-state index contributed by atoms with van der Waals surface area (Å²) in [5, 5.41) is 0. The first kappa shape index (κ1) is 15.4. The summed E-state index contributed by atoms with van der Waals surface area (Å²) < 4.78 is 13.5. The van der Waals surface area contributed by atoms with Crippen LogP contribution in [0.3, 0.4) is 0 Å². The second kappa shape index (κ2) is 7.13. The Morgan fingerprint density at radius 3 is 1.76 bits per heavy atom. The molecular formula is C18H13FLiN. The SMILES string of the molecule is Fc1cc[c-]c(N(c2ccccc2)c2ccccc2)c1.[Li+]. The molecule has 0 saturated heterocycles. The van der Waals surface area contributed by atoms with Gasteiger partial charge >= 0.3 is 18.9 Å². The first-order chi connectivity index (χ1) is 9.84. The smallest absolute Gasteiger partial charge is 0.334 e. The summed E-state index contributed by atoms with van der Waals surface area (Å²) in [6, 6.07) is 27.3. The molecule has 0 amide bonds. The van der Waals surface area contributed by atoms with Crippen LogP contribution in [0.4, 0.5) is 21.5 Å². The van der Waals surface area contributed by atoms with Crippen molar-refractivity contribution >= 4 is 17.1 Å². The fourth-order valence-electron chi connectivity index (χ4n) is 2.14. The third-order valence-corrected chi connectivity index (χ3v) is 3.02. The van der Waals surface area contributed by atoms with Gasteiger partial charge in [0.2, 0.25) is 0 Å². The number of benzene rings is 3. The van der Waals surface area contributed by atoms with Crippen molar-refractivity contribution in [2.45, 2.75) is 0 Å². The van der Waals surface area contributed by atoms with Crippen molar-refractivity contribution in [2.24, 2.45) is 0 Å². The van der Waals surface area contributed by atoms with E-state index < -0.39 is 0 Å². The van der Waals surface area contributed by atoms with Crippen molar-refractivity contribution in [3.63, 3.8) is 0 Å². The van der Waals surface area contributed by atoms with Crippen LogP contribution in [0, 0.1) is 11.9 Å². The molecule has 3 heteroatoms. The molecule has 0 heterocycles. The van der Waals surface area contributed by atoms with E-state index in [-0.39, 0.29) is 24.7 Å². The molecule has 3 aromatic rings. The number of hydrogen-bond donors (Lipinski definition) is 0. The van der Waals surface area contributed by atoms with E-state index in [1.165, 1.54) is 12.1 Å². The van der Waals surface area contributed by atoms with Crippen LogP contribution in [0.2, 0.25) is 0 Å². The molecule has 0 aliphatic carbocycles. The van der Waals surface area contributed by atoms with Crippen LogP contribution >= 0.6 is 0 Å². The minimum Gasteiger partial charge on any atom is -0.334 e. The molecular weight excluding hydrogens is 256 g/mol. The number of para-hydroxylation sites is 2. The zero-order valence-electron chi connectivity index (χ0n) is 11.8. The fraction of sp³-hybridized carbons (Fsp3) is 0. The van der Waals surface area contributed by atoms with E-state index in [2.05, 4.69) is 6.07 Å². The van der Waals surface area contributed by atoms with Crippen molar-refractivity contribution in [3.05, 3.63) is 90.7 Å². The number of nitrogens with zero attached hydrogens (tertiary/aromatic N) is 1. The fourth-order valence-corrected chi connectivity index (χ4v) is 2.14. The van der Waals surface area contributed by atoms with Gasteiger partial charge in [-0.3, -0.25) is 0 Å². The molecule has 21 heavy (non-hydrogen) atoms. The number of rotatable bonds is 3. The summed E-state index contributed by atoms with van der Waals surface area (Å²) in [6.07, 6.45) is 0. The normalized spacial score (nSPS) is 9.76. The molecule has 0 N–H and O–H groups in total. The Morgan fingerprint density at radius 1 is 0.762 bits per heavy atom. The van der Waals surface area contributed by atoms with Gasteiger partial charge in [0.15, 0.2) is 0 Å². The van der Waals surface area contributed by atoms with E-state index in [4.69, 9.17) is 0 Å². The van der Waals surface area contributed by atoms with E-state index in [0.29, 0.717) is 5.69 Å². The molecule has 0 aromatic heterocycles. The minimum atomic E-state index is -0.268. The van der Waals surface area contributed by atoms with Gasteiger partial charge in [0.1, 0.15) is 0 Å². The van der Waals surface area contributed by atoms with Gasteiger partial charge < -0.3 is 4.90 Å². The zero-order chi connectivity index (χ0) is 13.8. The van der Waals surface area contributed by atoms with Gasteiger partial charge in [-0.25, -0.2) is 4.39 Å². The predicted molar refractivity (Wildman–Crippen MR) is 79.9 cm³/mol. The molecule has 0 radical (unpaired) electrons. The molecule has 0 spiro atoms. The zero-order valence-corrected chi connectivity index (χ0v) is 11.8. The van der Waals surface area contributed by atoms with Crippen LogP contribution in [-0.4, -0.2) is 0 Å². The van der Waals surface area contributed by atoms with Gasteiger partial charge in [-0.1, -0.05) is 42.1 Å². The topological polar surface area (TPSA) is 3.24 Å². The summed E-state index contributed by atoms with van der Waals surface area (Å²) in [6.45, 7) is 0. The Kier molecular flexibility index (Phi) is 5.22. The Hall–Kier alpha value is -2.01. The largest absolute Gasteiger partial charge is 1.00 e. The standard InChI is InChI=1S/C18H13FN.Li/c19-15-8-7-13-18(14-15)20(16-9-3-1-4-10-16)17-11-5-2-6-12-17;/h1-12,14H;/q-1;+1. The predicted octanol–water partition coefficient (Wildman–Crippen LogP) is 2.10. The van der Waals surface area contributed by atoms with Crippen LogP contribution in [0.1, 0.15) is 0 Å². The monoisotopic (exact) mass is 269 g/mol. The minimum absolute atomic E-state index is 0. The van der Waals surface area contributed by atoms with Crippen molar-refractivity contribution in [1.82, 2.24) is 0 Å². The maximum Gasteiger partial charge on any atom is 1.00 e. The average Bonchev–Trinajstić information content (AvgIpc) is 2.50. The van der Waals surface area contributed by atoms with Gasteiger partial charge in [-0.05, 0) is 24.3 Å². The van der Waals surface area contributed by atoms with E-state index in [0.717, 1.165) is 11.4 Å². The Balaban J connectivity index is 0.00000161. The second-order valence-electron chi connectivity index (χ2n) is 4.40. The van der Waals surface area contributed by atoms with Crippen molar-refractivity contribution in [2.75, 3.05) is 4.90 Å². The van der Waals surface area contributed by atoms with Gasteiger partial charge in [0, 0.05) is 17.2 Å². The van der Waals surface area contributed by atoms with E-state index in [1.54, 1.807) is 6.07 Å².